The van der Waals surface area contributed by atoms with Crippen LogP contribution in [0.25, 0.3) is 11.3 Å². The molecule has 2 N–H and O–H groups in total. The van der Waals surface area contributed by atoms with Crippen molar-refractivity contribution in [3.05, 3.63) is 400 Å². The van der Waals surface area contributed by atoms with Crippen molar-refractivity contribution in [1.82, 2.24) is 9.97 Å². The van der Waals surface area contributed by atoms with Gasteiger partial charge in [0.15, 0.2) is 0 Å². The Morgan fingerprint density at radius 1 is 0.286 bits per heavy atom. The molecule has 0 amide bonds. The number of nitrogen functional groups attached to an aromatic ring is 1. The van der Waals surface area contributed by atoms with Gasteiger partial charge in [0.2, 0.25) is 0 Å². The fraction of sp³-hybridized carbons (Fsp3) is 0.0787. The van der Waals surface area contributed by atoms with Crippen molar-refractivity contribution in [3.63, 3.8) is 0 Å². The first-order valence-electron chi connectivity index (χ1n) is 33.2. The Bertz CT molecular complexity index is 3600. The molecule has 0 atom stereocenters. The predicted molar refractivity (Wildman–Crippen MR) is 425 cm³/mol. The summed E-state index contributed by atoms with van der Waals surface area (Å²) in [5.74, 6) is 1.38. The number of hydrogen-bond acceptors (Lipinski definition) is 4. The summed E-state index contributed by atoms with van der Waals surface area (Å²) < 4.78 is 6.03. The molecule has 1 aromatic heterocycles. The Balaban J connectivity index is 0.000000132. The van der Waals surface area contributed by atoms with Crippen LogP contribution in [0.5, 0.6) is 5.75 Å². The molecule has 13 aromatic carbocycles. The molecule has 1 fully saturated rings. The van der Waals surface area contributed by atoms with Gasteiger partial charge in [0.25, 0.3) is 0 Å². The van der Waals surface area contributed by atoms with Crippen LogP contribution in [-0.4, -0.2) is 16.1 Å². The molecule has 488 valence electrons. The molecule has 0 aliphatic heterocycles. The van der Waals surface area contributed by atoms with Crippen LogP contribution in [-0.2, 0) is 20.4 Å². The summed E-state index contributed by atoms with van der Waals surface area (Å²) in [4.78, 5) is 8.62. The van der Waals surface area contributed by atoms with E-state index in [0.717, 1.165) is 35.5 Å². The van der Waals surface area contributed by atoms with E-state index in [9.17, 15) is 0 Å². The number of hydrogen-bond donors (Lipinski definition) is 1. The molecule has 1 aliphatic carbocycles. The van der Waals surface area contributed by atoms with Crippen LogP contribution in [0.15, 0.2) is 394 Å². The van der Waals surface area contributed by atoms with E-state index in [2.05, 4.69) is 374 Å². The second kappa shape index (κ2) is 39.4. The average Bonchev–Trinajstić information content (AvgIpc) is 0.883. The zero-order valence-electron chi connectivity index (χ0n) is 55.1. The van der Waals surface area contributed by atoms with Gasteiger partial charge >= 0.3 is 0 Å². The number of aromatic nitrogens is 2. The molecule has 0 radical (unpaired) electrons. The summed E-state index contributed by atoms with van der Waals surface area (Å²) in [6, 6.07) is 137. The van der Waals surface area contributed by atoms with Crippen LogP contribution >= 0.6 is 31.7 Å². The molecule has 1 aliphatic rings. The Kier molecular flexibility index (Phi) is 28.8. The Morgan fingerprint density at radius 2 is 0.490 bits per heavy atom. The zero-order chi connectivity index (χ0) is 66.3. The SMILES string of the molecule is Cc1cnc(N)c(-c2ccc(OC3CCCCC3)cc2)n1.[Pd].c1ccc(P(c2ccccc2)c2ccccc2)cc1.c1ccc(P(c2ccccc2)c2ccccc2)cc1.c1ccc(P(c2ccccc2)c2ccccc2)cc1.c1ccc(P(c2ccccc2)c2ccccc2)cc1. The summed E-state index contributed by atoms with van der Waals surface area (Å²) in [7, 11) is -1.78. The van der Waals surface area contributed by atoms with Crippen LogP contribution in [0.2, 0.25) is 0 Å². The first kappa shape index (κ1) is 71.7. The van der Waals surface area contributed by atoms with Gasteiger partial charge in [-0.2, -0.15) is 0 Å². The minimum atomic E-state index is -0.446. The van der Waals surface area contributed by atoms with Crippen LogP contribution in [0.3, 0.4) is 0 Å². The zero-order valence-corrected chi connectivity index (χ0v) is 60.3. The van der Waals surface area contributed by atoms with Gasteiger partial charge in [0, 0.05) is 26.0 Å². The minimum absolute atomic E-state index is 0. The number of anilines is 1. The number of benzene rings is 13. The van der Waals surface area contributed by atoms with Crippen LogP contribution in [0.4, 0.5) is 5.82 Å². The normalized spacial score (nSPS) is 11.6. The third-order valence-corrected chi connectivity index (χ3v) is 25.9. The van der Waals surface area contributed by atoms with Gasteiger partial charge < -0.3 is 10.5 Å². The molecule has 1 heterocycles. The number of rotatable bonds is 15. The van der Waals surface area contributed by atoms with Crippen molar-refractivity contribution in [3.8, 4) is 17.0 Å². The van der Waals surface area contributed by atoms with Crippen LogP contribution in [0, 0.1) is 6.92 Å². The largest absolute Gasteiger partial charge is 0.490 e. The molecular formula is C89H81N3OP4Pd. The van der Waals surface area contributed by atoms with E-state index < -0.39 is 31.7 Å². The number of aryl methyl sites for hydroxylation is 1. The van der Waals surface area contributed by atoms with E-state index in [1.165, 1.54) is 82.9 Å². The van der Waals surface area contributed by atoms with Gasteiger partial charge in [-0.3, -0.25) is 0 Å². The predicted octanol–water partition coefficient (Wildman–Crippen LogP) is 17.5. The fourth-order valence-electron chi connectivity index (χ4n) is 11.5. The maximum Gasteiger partial charge on any atom is 0.150 e. The van der Waals surface area contributed by atoms with Gasteiger partial charge in [0.1, 0.15) is 17.3 Å². The van der Waals surface area contributed by atoms with Gasteiger partial charge in [0.05, 0.1) is 18.0 Å². The Morgan fingerprint density at radius 3 is 0.694 bits per heavy atom. The van der Waals surface area contributed by atoms with Crippen molar-refractivity contribution in [1.29, 1.82) is 0 Å². The van der Waals surface area contributed by atoms with Gasteiger partial charge in [-0.25, -0.2) is 9.97 Å². The summed E-state index contributed by atoms with van der Waals surface area (Å²) in [6.45, 7) is 1.91. The van der Waals surface area contributed by atoms with E-state index in [1.54, 1.807) is 6.20 Å². The second-order valence-electron chi connectivity index (χ2n) is 23.0. The first-order chi connectivity index (χ1) is 48.0. The number of nitrogens with zero attached hydrogens (tertiary/aromatic N) is 2. The van der Waals surface area contributed by atoms with E-state index >= 15 is 0 Å². The van der Waals surface area contributed by atoms with Gasteiger partial charge in [-0.05, 0) is 152 Å². The smallest absolute Gasteiger partial charge is 0.150 e. The monoisotopic (exact) mass is 1440 g/mol. The van der Waals surface area contributed by atoms with E-state index in [4.69, 9.17) is 10.5 Å². The summed E-state index contributed by atoms with van der Waals surface area (Å²) in [5.41, 5.74) is 8.47. The fourth-order valence-corrected chi connectivity index (χ4v) is 20.7. The molecule has 1 saturated carbocycles. The van der Waals surface area contributed by atoms with E-state index in [1.807, 2.05) is 31.2 Å². The second-order valence-corrected chi connectivity index (χ2v) is 31.9. The molecular weight excluding hydrogens is 1360 g/mol. The Hall–Kier alpha value is -9.08. The molecule has 0 bridgehead atoms. The summed E-state index contributed by atoms with van der Waals surface area (Å²) >= 11 is 0. The summed E-state index contributed by atoms with van der Waals surface area (Å²) in [5, 5.41) is 16.8. The van der Waals surface area contributed by atoms with Crippen LogP contribution < -0.4 is 74.1 Å². The third kappa shape index (κ3) is 21.2. The molecule has 14 aromatic rings. The molecule has 98 heavy (non-hydrogen) atoms. The van der Waals surface area contributed by atoms with Crippen molar-refractivity contribution in [2.75, 3.05) is 5.73 Å². The molecule has 0 spiro atoms. The average molecular weight is 1440 g/mol. The molecule has 9 heteroatoms. The van der Waals surface area contributed by atoms with Crippen molar-refractivity contribution < 1.29 is 25.2 Å². The topological polar surface area (TPSA) is 61.0 Å². The number of ether oxygens (including phenoxy) is 1. The number of nitrogens with two attached hydrogens (primary N) is 1. The quantitative estimate of drug-likeness (QED) is 0.0821. The molecule has 15 rings (SSSR count). The first-order valence-corrected chi connectivity index (χ1v) is 38.6. The standard InChI is InChI=1S/4C18H15P.C17H21N3O.Pd/c4*1-4-10-16(11-5-1)19(17-12-6-2-7-13-17)18-14-8-3-9-15-18;1-12-11-19-17(18)16(20-12)13-7-9-15(10-8-13)21-14-5-3-2-4-6-14;/h4*1-15H;7-11,14H,2-6H2,1H3,(H2,18,19);. The third-order valence-electron chi connectivity index (χ3n) is 16.1. The Labute approximate surface area is 599 Å². The summed E-state index contributed by atoms with van der Waals surface area (Å²) in [6.07, 6.45) is 8.27. The van der Waals surface area contributed by atoms with Gasteiger partial charge in [-0.15, -0.1) is 0 Å². The van der Waals surface area contributed by atoms with Crippen molar-refractivity contribution in [2.45, 2.75) is 45.1 Å². The molecule has 0 saturated heterocycles. The minimum Gasteiger partial charge on any atom is -0.490 e. The van der Waals surface area contributed by atoms with Crippen molar-refractivity contribution in [2.24, 2.45) is 0 Å². The van der Waals surface area contributed by atoms with E-state index in [0.29, 0.717) is 11.9 Å². The molecule has 4 nitrogen and oxygen atoms in total. The maximum absolute atomic E-state index is 6.03. The van der Waals surface area contributed by atoms with Gasteiger partial charge in [-0.1, -0.05) is 370 Å². The van der Waals surface area contributed by atoms with E-state index in [-0.39, 0.29) is 20.4 Å². The molecule has 0 unspecified atom stereocenters. The van der Waals surface area contributed by atoms with Crippen molar-refractivity contribution >= 4 is 101 Å². The maximum atomic E-state index is 6.03. The van der Waals surface area contributed by atoms with Crippen LogP contribution in [0.1, 0.15) is 37.8 Å².